The molecule has 0 bridgehead atoms. The van der Waals surface area contributed by atoms with Gasteiger partial charge in [-0.2, -0.15) is 4.57 Å². The zero-order valence-corrected chi connectivity index (χ0v) is 23.2. The number of hydrogen-bond acceptors (Lipinski definition) is 8. The van der Waals surface area contributed by atoms with Gasteiger partial charge in [0.2, 0.25) is 6.10 Å². The Bertz CT molecular complexity index is 1580. The van der Waals surface area contributed by atoms with Crippen molar-refractivity contribution in [2.45, 2.75) is 24.5 Å². The van der Waals surface area contributed by atoms with Crippen LogP contribution < -0.4 is 9.88 Å². The number of aromatic nitrogens is 1. The first kappa shape index (κ1) is 29.2. The minimum atomic E-state index is -1.19. The van der Waals surface area contributed by atoms with Gasteiger partial charge in [-0.05, 0) is 42.5 Å². The summed E-state index contributed by atoms with van der Waals surface area (Å²) in [5.41, 5.74) is 1.19. The Hall–Kier alpha value is -5.35. The molecule has 1 amide bonds. The standard InChI is InChI=1S/C33H28N2O8/c1-34-29(36)25-18-11-19-35(20-25)30-28(43-33(39)24-16-9-4-10-17-24)27(42-32(38)23-14-7-3-8-15-23)26(41-30)21-40-31(37)22-12-5-2-6-13-22/h2-20,26-28,30H,21H2,1H3/p+1/t26-,27+,28-,30+/m0/s1. The van der Waals surface area contributed by atoms with Gasteiger partial charge in [0.25, 0.3) is 5.91 Å². The van der Waals surface area contributed by atoms with Crippen molar-refractivity contribution in [2.75, 3.05) is 13.7 Å². The normalized spacial score (nSPS) is 19.2. The lowest BCUT2D eigenvalue weighted by Crippen LogP contribution is -2.49. The second kappa shape index (κ2) is 13.5. The molecule has 2 heterocycles. The summed E-state index contributed by atoms with van der Waals surface area (Å²) < 4.78 is 25.3. The molecular formula is C33H29N2O8+. The van der Waals surface area contributed by atoms with E-state index in [1.54, 1.807) is 114 Å². The van der Waals surface area contributed by atoms with Crippen LogP contribution in [0.25, 0.3) is 0 Å². The fourth-order valence-corrected chi connectivity index (χ4v) is 4.63. The van der Waals surface area contributed by atoms with Gasteiger partial charge in [-0.3, -0.25) is 4.79 Å². The van der Waals surface area contributed by atoms with Gasteiger partial charge >= 0.3 is 24.1 Å². The summed E-state index contributed by atoms with van der Waals surface area (Å²) in [4.78, 5) is 51.7. The summed E-state index contributed by atoms with van der Waals surface area (Å²) >= 11 is 0. The summed E-state index contributed by atoms with van der Waals surface area (Å²) in [5, 5.41) is 2.57. The number of esters is 3. The lowest BCUT2D eigenvalue weighted by molar-refractivity contribution is -0.765. The van der Waals surface area contributed by atoms with E-state index >= 15 is 0 Å². The second-order valence-electron chi connectivity index (χ2n) is 9.62. The van der Waals surface area contributed by atoms with Crippen LogP contribution in [-0.2, 0) is 18.9 Å². The first-order valence-electron chi connectivity index (χ1n) is 13.6. The Labute approximate surface area is 247 Å². The van der Waals surface area contributed by atoms with Crippen LogP contribution in [0.1, 0.15) is 47.7 Å². The van der Waals surface area contributed by atoms with E-state index in [2.05, 4.69) is 5.32 Å². The number of amides is 1. The molecular weight excluding hydrogens is 552 g/mol. The number of ether oxygens (including phenoxy) is 4. The van der Waals surface area contributed by atoms with Crippen LogP contribution in [0.4, 0.5) is 0 Å². The molecule has 218 valence electrons. The van der Waals surface area contributed by atoms with Crippen LogP contribution in [0.2, 0.25) is 0 Å². The summed E-state index contributed by atoms with van der Waals surface area (Å²) in [6.07, 6.45) is -1.30. The van der Waals surface area contributed by atoms with Crippen LogP contribution in [0.5, 0.6) is 0 Å². The first-order chi connectivity index (χ1) is 20.9. The topological polar surface area (TPSA) is 121 Å². The van der Waals surface area contributed by atoms with Crippen LogP contribution in [-0.4, -0.2) is 55.8 Å². The molecule has 1 N–H and O–H groups in total. The highest BCUT2D eigenvalue weighted by Crippen LogP contribution is 2.32. The fourth-order valence-electron chi connectivity index (χ4n) is 4.63. The lowest BCUT2D eigenvalue weighted by Gasteiger charge is -2.23. The molecule has 0 spiro atoms. The Balaban J connectivity index is 1.50. The van der Waals surface area contributed by atoms with E-state index in [1.165, 1.54) is 13.2 Å². The third kappa shape index (κ3) is 6.94. The Morgan fingerprint density at radius 3 is 1.70 bits per heavy atom. The Morgan fingerprint density at radius 1 is 0.674 bits per heavy atom. The van der Waals surface area contributed by atoms with Crippen molar-refractivity contribution in [2.24, 2.45) is 0 Å². The number of carbonyl (C=O) groups excluding carboxylic acids is 4. The molecule has 1 aliphatic rings. The SMILES string of the molecule is CNC(=O)c1ccc[n+]([C@@H]2O[C@@H](COC(=O)c3ccccc3)[C@@H](OC(=O)c3ccccc3)[C@@H]2OC(=O)c2ccccc2)c1. The van der Waals surface area contributed by atoms with Gasteiger partial charge in [0.15, 0.2) is 18.5 Å². The molecule has 4 atom stereocenters. The van der Waals surface area contributed by atoms with Crippen molar-refractivity contribution in [1.29, 1.82) is 0 Å². The molecule has 5 rings (SSSR count). The van der Waals surface area contributed by atoms with E-state index in [9.17, 15) is 19.2 Å². The molecule has 1 aliphatic heterocycles. The van der Waals surface area contributed by atoms with E-state index < -0.39 is 42.4 Å². The zero-order valence-electron chi connectivity index (χ0n) is 23.2. The minimum Gasteiger partial charge on any atom is -0.459 e. The van der Waals surface area contributed by atoms with E-state index in [0.717, 1.165) is 0 Å². The van der Waals surface area contributed by atoms with Gasteiger partial charge < -0.3 is 24.3 Å². The number of pyridine rings is 1. The predicted octanol–water partition coefficient (Wildman–Crippen LogP) is 3.54. The summed E-state index contributed by atoms with van der Waals surface area (Å²) in [7, 11) is 1.51. The van der Waals surface area contributed by atoms with Crippen molar-refractivity contribution in [1.82, 2.24) is 5.32 Å². The Kier molecular flexibility index (Phi) is 9.18. The quantitative estimate of drug-likeness (QED) is 0.181. The molecule has 1 saturated heterocycles. The van der Waals surface area contributed by atoms with Gasteiger partial charge in [-0.1, -0.05) is 54.6 Å². The molecule has 43 heavy (non-hydrogen) atoms. The van der Waals surface area contributed by atoms with Crippen LogP contribution >= 0.6 is 0 Å². The lowest BCUT2D eigenvalue weighted by atomic mass is 10.1. The molecule has 3 aromatic carbocycles. The number of rotatable bonds is 9. The average Bonchev–Trinajstić information content (AvgIpc) is 3.40. The summed E-state index contributed by atoms with van der Waals surface area (Å²) in [6.45, 7) is -0.313. The molecule has 0 saturated carbocycles. The number of carbonyl (C=O) groups is 4. The van der Waals surface area contributed by atoms with Crippen LogP contribution in [0, 0.1) is 0 Å². The largest absolute Gasteiger partial charge is 0.459 e. The number of nitrogens with one attached hydrogen (secondary N) is 1. The summed E-state index contributed by atoms with van der Waals surface area (Å²) in [5.74, 6) is -2.30. The van der Waals surface area contributed by atoms with Gasteiger partial charge in [-0.25, -0.2) is 14.4 Å². The molecule has 0 aliphatic carbocycles. The highest BCUT2D eigenvalue weighted by Gasteiger charge is 2.55. The highest BCUT2D eigenvalue weighted by atomic mass is 16.7. The molecule has 4 aromatic rings. The smallest absolute Gasteiger partial charge is 0.338 e. The predicted molar refractivity (Wildman–Crippen MR) is 152 cm³/mol. The molecule has 1 fully saturated rings. The van der Waals surface area contributed by atoms with E-state index in [4.69, 9.17) is 18.9 Å². The van der Waals surface area contributed by atoms with Crippen molar-refractivity contribution in [3.8, 4) is 0 Å². The molecule has 0 unspecified atom stereocenters. The molecule has 0 radical (unpaired) electrons. The van der Waals surface area contributed by atoms with E-state index in [1.807, 2.05) is 0 Å². The first-order valence-corrected chi connectivity index (χ1v) is 13.6. The number of nitrogens with zero attached hydrogens (tertiary/aromatic N) is 1. The van der Waals surface area contributed by atoms with Gasteiger partial charge in [0.1, 0.15) is 18.3 Å². The maximum atomic E-state index is 13.3. The third-order valence-corrected chi connectivity index (χ3v) is 6.78. The van der Waals surface area contributed by atoms with E-state index in [-0.39, 0.29) is 23.6 Å². The zero-order chi connectivity index (χ0) is 30.2. The monoisotopic (exact) mass is 581 g/mol. The fraction of sp³-hybridized carbons (Fsp3) is 0.182. The van der Waals surface area contributed by atoms with Crippen LogP contribution in [0.3, 0.4) is 0 Å². The van der Waals surface area contributed by atoms with Gasteiger partial charge in [-0.15, -0.1) is 0 Å². The minimum absolute atomic E-state index is 0.272. The number of hydrogen-bond donors (Lipinski definition) is 1. The third-order valence-electron chi connectivity index (χ3n) is 6.78. The van der Waals surface area contributed by atoms with Gasteiger partial charge in [0, 0.05) is 13.1 Å². The van der Waals surface area contributed by atoms with Crippen molar-refractivity contribution < 1.29 is 42.7 Å². The van der Waals surface area contributed by atoms with Crippen molar-refractivity contribution in [3.05, 3.63) is 138 Å². The Morgan fingerprint density at radius 2 is 1.16 bits per heavy atom. The van der Waals surface area contributed by atoms with Crippen molar-refractivity contribution in [3.63, 3.8) is 0 Å². The van der Waals surface area contributed by atoms with Gasteiger partial charge in [0.05, 0.1) is 16.7 Å². The maximum Gasteiger partial charge on any atom is 0.338 e. The molecule has 10 nitrogen and oxygen atoms in total. The number of benzene rings is 3. The molecule has 10 heteroatoms. The average molecular weight is 582 g/mol. The molecule has 1 aromatic heterocycles. The maximum absolute atomic E-state index is 13.3. The van der Waals surface area contributed by atoms with Crippen molar-refractivity contribution >= 4 is 23.8 Å². The van der Waals surface area contributed by atoms with E-state index in [0.29, 0.717) is 11.1 Å². The van der Waals surface area contributed by atoms with Crippen LogP contribution in [0.15, 0.2) is 116 Å². The highest BCUT2D eigenvalue weighted by molar-refractivity contribution is 5.93. The summed E-state index contributed by atoms with van der Waals surface area (Å²) in [6, 6.07) is 28.3. The second-order valence-corrected chi connectivity index (χ2v) is 9.62.